The van der Waals surface area contributed by atoms with Crippen molar-refractivity contribution in [2.24, 2.45) is 5.16 Å². The van der Waals surface area contributed by atoms with Gasteiger partial charge in [-0.15, -0.1) is 0 Å². The van der Waals surface area contributed by atoms with Crippen molar-refractivity contribution in [2.75, 3.05) is 20.3 Å². The number of aliphatic hydroxyl groups is 1. The largest absolute Gasteiger partial charge is 0.399 e. The van der Waals surface area contributed by atoms with Crippen LogP contribution in [0.4, 0.5) is 0 Å². The van der Waals surface area contributed by atoms with Crippen molar-refractivity contribution < 1.29 is 19.3 Å². The summed E-state index contributed by atoms with van der Waals surface area (Å²) < 4.78 is 5.37. The van der Waals surface area contributed by atoms with Crippen LogP contribution in [0.25, 0.3) is 11.1 Å². The fourth-order valence-corrected chi connectivity index (χ4v) is 3.79. The molecule has 1 aromatic heterocycles. The summed E-state index contributed by atoms with van der Waals surface area (Å²) in [5.41, 5.74) is 4.66. The van der Waals surface area contributed by atoms with Gasteiger partial charge < -0.3 is 19.4 Å². The van der Waals surface area contributed by atoms with Crippen LogP contribution in [0.5, 0.6) is 0 Å². The minimum Gasteiger partial charge on any atom is -0.399 e. The summed E-state index contributed by atoms with van der Waals surface area (Å²) in [6.45, 7) is 2.31. The number of hydrogen-bond acceptors (Lipinski definition) is 7. The summed E-state index contributed by atoms with van der Waals surface area (Å²) in [5, 5.41) is 17.0. The normalized spacial score (nSPS) is 17.3. The number of nitrogens with zero attached hydrogens (tertiary/aromatic N) is 4. The van der Waals surface area contributed by atoms with Gasteiger partial charge in [-0.05, 0) is 35.7 Å². The van der Waals surface area contributed by atoms with E-state index >= 15 is 0 Å². The number of aliphatic hydroxyl groups excluding tert-OH is 1. The van der Waals surface area contributed by atoms with E-state index in [-0.39, 0.29) is 12.5 Å². The van der Waals surface area contributed by atoms with Gasteiger partial charge in [0.1, 0.15) is 13.2 Å². The first-order valence-corrected chi connectivity index (χ1v) is 10.1. The smallest absolute Gasteiger partial charge is 0.254 e. The van der Waals surface area contributed by atoms with Gasteiger partial charge in [-0.3, -0.25) is 4.79 Å². The van der Waals surface area contributed by atoms with E-state index in [2.05, 4.69) is 34.4 Å². The number of amides is 1. The zero-order valence-electron chi connectivity index (χ0n) is 17.5. The standard InChI is InChI=1S/C23H24N4O4/c1-15-5-3-4-6-19(15)16-7-9-17(10-8-16)23(29)27-14-18(25-30-2)13-20(27)22-24-21(11-12-28)26-31-22/h3-10,20,28H,11-14H2,1-2H3. The molecule has 160 valence electrons. The number of oxime groups is 1. The summed E-state index contributed by atoms with van der Waals surface area (Å²) in [6, 6.07) is 15.3. The quantitative estimate of drug-likeness (QED) is 0.615. The van der Waals surface area contributed by atoms with Crippen molar-refractivity contribution in [3.8, 4) is 11.1 Å². The molecule has 1 saturated heterocycles. The first-order valence-electron chi connectivity index (χ1n) is 10.1. The van der Waals surface area contributed by atoms with E-state index < -0.39 is 6.04 Å². The molecule has 2 heterocycles. The highest BCUT2D eigenvalue weighted by Gasteiger charge is 2.38. The predicted molar refractivity (Wildman–Crippen MR) is 115 cm³/mol. The zero-order valence-corrected chi connectivity index (χ0v) is 17.5. The van der Waals surface area contributed by atoms with Crippen LogP contribution in [0.15, 0.2) is 58.2 Å². The molecule has 8 heteroatoms. The van der Waals surface area contributed by atoms with E-state index in [1.165, 1.54) is 12.7 Å². The highest BCUT2D eigenvalue weighted by Crippen LogP contribution is 2.32. The summed E-state index contributed by atoms with van der Waals surface area (Å²) in [4.78, 5) is 24.2. The van der Waals surface area contributed by atoms with Gasteiger partial charge in [0.15, 0.2) is 5.82 Å². The number of hydrogen-bond donors (Lipinski definition) is 1. The second-order valence-corrected chi connectivity index (χ2v) is 7.41. The van der Waals surface area contributed by atoms with Crippen LogP contribution in [0.2, 0.25) is 0 Å². The Kier molecular flexibility index (Phi) is 6.08. The summed E-state index contributed by atoms with van der Waals surface area (Å²) in [6.07, 6.45) is 0.741. The minimum absolute atomic E-state index is 0.0735. The lowest BCUT2D eigenvalue weighted by Gasteiger charge is -2.21. The number of carbonyl (C=O) groups is 1. The van der Waals surface area contributed by atoms with Crippen LogP contribution in [0.1, 0.15) is 40.1 Å². The monoisotopic (exact) mass is 420 g/mol. The number of benzene rings is 2. The Morgan fingerprint density at radius 2 is 2.03 bits per heavy atom. The Morgan fingerprint density at radius 1 is 1.26 bits per heavy atom. The Morgan fingerprint density at radius 3 is 2.74 bits per heavy atom. The molecule has 0 saturated carbocycles. The topological polar surface area (TPSA) is 101 Å². The van der Waals surface area contributed by atoms with Gasteiger partial charge in [0.25, 0.3) is 5.91 Å². The molecule has 4 rings (SSSR count). The number of likely N-dealkylation sites (tertiary alicyclic amines) is 1. The lowest BCUT2D eigenvalue weighted by molar-refractivity contribution is 0.0713. The van der Waals surface area contributed by atoms with Gasteiger partial charge in [0, 0.05) is 18.4 Å². The second kappa shape index (κ2) is 9.09. The molecule has 1 N–H and O–H groups in total. The van der Waals surface area contributed by atoms with E-state index in [0.29, 0.717) is 36.7 Å². The molecule has 1 aliphatic heterocycles. The molecule has 8 nitrogen and oxygen atoms in total. The maximum atomic E-state index is 13.3. The van der Waals surface area contributed by atoms with Gasteiger partial charge in [0.05, 0.1) is 18.9 Å². The fourth-order valence-electron chi connectivity index (χ4n) is 3.79. The van der Waals surface area contributed by atoms with Gasteiger partial charge >= 0.3 is 0 Å². The SMILES string of the molecule is CON=C1CC(c2nc(CCO)no2)N(C(=O)c2ccc(-c3ccccc3C)cc2)C1. The number of aryl methyl sites for hydroxylation is 1. The molecule has 31 heavy (non-hydrogen) atoms. The van der Waals surface area contributed by atoms with Crippen LogP contribution in [-0.2, 0) is 11.3 Å². The lowest BCUT2D eigenvalue weighted by Crippen LogP contribution is -2.31. The first-order chi connectivity index (χ1) is 15.1. The second-order valence-electron chi connectivity index (χ2n) is 7.41. The molecule has 1 amide bonds. The van der Waals surface area contributed by atoms with E-state index in [1.54, 1.807) is 4.90 Å². The summed E-state index contributed by atoms with van der Waals surface area (Å²) >= 11 is 0. The Labute approximate surface area is 180 Å². The van der Waals surface area contributed by atoms with E-state index in [9.17, 15) is 4.79 Å². The molecule has 1 atom stereocenters. The highest BCUT2D eigenvalue weighted by atomic mass is 16.6. The van der Waals surface area contributed by atoms with Crippen molar-refractivity contribution >= 4 is 11.6 Å². The number of rotatable bonds is 6. The van der Waals surface area contributed by atoms with E-state index in [1.807, 2.05) is 36.4 Å². The highest BCUT2D eigenvalue weighted by molar-refractivity contribution is 6.00. The molecular weight excluding hydrogens is 396 g/mol. The van der Waals surface area contributed by atoms with Crippen LogP contribution in [0.3, 0.4) is 0 Å². The Balaban J connectivity index is 1.60. The Bertz CT molecular complexity index is 1090. The van der Waals surface area contributed by atoms with E-state index in [0.717, 1.165) is 16.8 Å². The molecule has 1 unspecified atom stereocenters. The molecule has 2 aromatic carbocycles. The van der Waals surface area contributed by atoms with Crippen LogP contribution >= 0.6 is 0 Å². The molecule has 0 aliphatic carbocycles. The fraction of sp³-hybridized carbons (Fsp3) is 0.304. The van der Waals surface area contributed by atoms with Gasteiger partial charge in [0.2, 0.25) is 5.89 Å². The van der Waals surface area contributed by atoms with Gasteiger partial charge in [-0.2, -0.15) is 4.98 Å². The average molecular weight is 420 g/mol. The average Bonchev–Trinajstić information content (AvgIpc) is 3.41. The van der Waals surface area contributed by atoms with Crippen LogP contribution < -0.4 is 0 Å². The zero-order chi connectivity index (χ0) is 21.8. The molecular formula is C23H24N4O4. The first kappa shape index (κ1) is 20.7. The Hall–Kier alpha value is -3.52. The number of aromatic nitrogens is 2. The predicted octanol–water partition coefficient (Wildman–Crippen LogP) is 3.17. The molecule has 1 fully saturated rings. The molecule has 0 spiro atoms. The molecule has 0 bridgehead atoms. The van der Waals surface area contributed by atoms with Crippen LogP contribution in [-0.4, -0.2) is 52.0 Å². The molecule has 0 radical (unpaired) electrons. The lowest BCUT2D eigenvalue weighted by atomic mass is 9.99. The third kappa shape index (κ3) is 4.34. The van der Waals surface area contributed by atoms with Crippen LogP contribution in [0, 0.1) is 6.92 Å². The molecule has 1 aliphatic rings. The van der Waals surface area contributed by atoms with Crippen molar-refractivity contribution in [3.05, 3.63) is 71.4 Å². The maximum Gasteiger partial charge on any atom is 0.254 e. The molecule has 3 aromatic rings. The van der Waals surface area contributed by atoms with Crippen molar-refractivity contribution in [1.29, 1.82) is 0 Å². The van der Waals surface area contributed by atoms with Gasteiger partial charge in [-0.25, -0.2) is 0 Å². The number of carbonyl (C=O) groups excluding carboxylic acids is 1. The van der Waals surface area contributed by atoms with E-state index in [4.69, 9.17) is 14.5 Å². The minimum atomic E-state index is -0.433. The summed E-state index contributed by atoms with van der Waals surface area (Å²) in [5.74, 6) is 0.587. The third-order valence-corrected chi connectivity index (χ3v) is 5.33. The van der Waals surface area contributed by atoms with Crippen molar-refractivity contribution in [2.45, 2.75) is 25.8 Å². The summed E-state index contributed by atoms with van der Waals surface area (Å²) in [7, 11) is 1.48. The van der Waals surface area contributed by atoms with Crippen molar-refractivity contribution in [3.63, 3.8) is 0 Å². The third-order valence-electron chi connectivity index (χ3n) is 5.33. The van der Waals surface area contributed by atoms with Gasteiger partial charge in [-0.1, -0.05) is 46.7 Å². The maximum absolute atomic E-state index is 13.3. The van der Waals surface area contributed by atoms with Crippen molar-refractivity contribution in [1.82, 2.24) is 15.0 Å².